The SMILES string of the molecule is CNC(=O)C1=C[C@@H](COC)N2C[C@@H]1N(OS(=O)(=O)O)C2=O.[NaH]. The summed E-state index contributed by atoms with van der Waals surface area (Å²) in [5, 5.41) is 2.88. The first-order valence-corrected chi connectivity index (χ1v) is 7.34. The quantitative estimate of drug-likeness (QED) is 0.431. The van der Waals surface area contributed by atoms with Crippen LogP contribution in [-0.2, 0) is 24.2 Å². The average Bonchev–Trinajstić information content (AvgIpc) is 2.66. The molecule has 1 fully saturated rings. The average molecular weight is 345 g/mol. The van der Waals surface area contributed by atoms with E-state index in [0.717, 1.165) is 0 Å². The molecule has 0 aromatic carbocycles. The molecule has 2 rings (SSSR count). The van der Waals surface area contributed by atoms with Crippen molar-refractivity contribution in [3.63, 3.8) is 0 Å². The van der Waals surface area contributed by atoms with Gasteiger partial charge < -0.3 is 15.0 Å². The van der Waals surface area contributed by atoms with Crippen molar-refractivity contribution in [1.82, 2.24) is 15.3 Å². The summed E-state index contributed by atoms with van der Waals surface area (Å²) in [6, 6.07) is -2.22. The molecule has 120 valence electrons. The van der Waals surface area contributed by atoms with Crippen molar-refractivity contribution in [3.05, 3.63) is 11.6 Å². The van der Waals surface area contributed by atoms with Crippen LogP contribution in [0.15, 0.2) is 11.6 Å². The third-order valence-electron chi connectivity index (χ3n) is 3.22. The fourth-order valence-electron chi connectivity index (χ4n) is 2.37. The number of carbonyl (C=O) groups excluding carboxylic acids is 2. The Morgan fingerprint density at radius 1 is 1.55 bits per heavy atom. The normalized spacial score (nSPS) is 24.0. The van der Waals surface area contributed by atoms with Crippen molar-refractivity contribution in [2.45, 2.75) is 12.1 Å². The molecule has 1 saturated heterocycles. The molecule has 22 heavy (non-hydrogen) atoms. The molecule has 2 bridgehead atoms. The molecule has 0 aromatic heterocycles. The molecular formula is C10H16N3NaO7S. The Hall–Kier alpha value is -0.690. The number of nitrogens with one attached hydrogen (secondary N) is 1. The first-order chi connectivity index (χ1) is 9.78. The number of nitrogens with zero attached hydrogens (tertiary/aromatic N) is 2. The Bertz CT molecular complexity index is 593. The van der Waals surface area contributed by atoms with Gasteiger partial charge in [0.05, 0.1) is 19.2 Å². The van der Waals surface area contributed by atoms with Crippen LogP contribution in [-0.4, -0.2) is 104 Å². The second-order valence-electron chi connectivity index (χ2n) is 4.50. The number of likely N-dealkylation sites (N-methyl/N-ethyl adjacent to an activating group) is 1. The van der Waals surface area contributed by atoms with E-state index in [4.69, 9.17) is 9.29 Å². The Balaban J connectivity index is 0.00000242. The molecule has 0 saturated carbocycles. The monoisotopic (exact) mass is 345 g/mol. The number of hydroxylamine groups is 2. The molecule has 0 aliphatic carbocycles. The molecule has 2 aliphatic heterocycles. The van der Waals surface area contributed by atoms with Gasteiger partial charge in [0.15, 0.2) is 0 Å². The Morgan fingerprint density at radius 3 is 2.68 bits per heavy atom. The van der Waals surface area contributed by atoms with Crippen molar-refractivity contribution >= 4 is 51.9 Å². The standard InChI is InChI=1S/C10H15N3O7S.Na.H/c1-11-9(14)7-3-6(5-19-2)12-4-8(7)13(10(12)15)20-21(16,17)18;;/h3,6,8H,4-5H2,1-2H3,(H,11,14)(H,16,17,18);;/t6-,8-;;/m0../s1. The molecule has 0 radical (unpaired) electrons. The van der Waals surface area contributed by atoms with E-state index in [1.807, 2.05) is 0 Å². The summed E-state index contributed by atoms with van der Waals surface area (Å²) in [6.07, 6.45) is 1.52. The number of hydrogen-bond donors (Lipinski definition) is 2. The van der Waals surface area contributed by atoms with Crippen LogP contribution < -0.4 is 5.32 Å². The second-order valence-corrected chi connectivity index (χ2v) is 5.51. The van der Waals surface area contributed by atoms with E-state index in [9.17, 15) is 18.0 Å². The molecule has 2 N–H and O–H groups in total. The fourth-order valence-corrected chi connectivity index (χ4v) is 2.74. The number of amides is 3. The van der Waals surface area contributed by atoms with Crippen molar-refractivity contribution < 1.29 is 31.6 Å². The van der Waals surface area contributed by atoms with Gasteiger partial charge in [-0.25, -0.2) is 4.79 Å². The summed E-state index contributed by atoms with van der Waals surface area (Å²) in [7, 11) is -2.03. The topological polar surface area (TPSA) is 125 Å². The van der Waals surface area contributed by atoms with E-state index >= 15 is 0 Å². The van der Waals surface area contributed by atoms with Crippen LogP contribution >= 0.6 is 0 Å². The van der Waals surface area contributed by atoms with Crippen LogP contribution in [0.3, 0.4) is 0 Å². The molecule has 2 heterocycles. The van der Waals surface area contributed by atoms with E-state index in [1.165, 1.54) is 25.1 Å². The molecule has 3 amide bonds. The summed E-state index contributed by atoms with van der Waals surface area (Å²) in [6.45, 7) is 0.195. The summed E-state index contributed by atoms with van der Waals surface area (Å²) in [5.74, 6) is -0.473. The number of urea groups is 1. The van der Waals surface area contributed by atoms with Gasteiger partial charge in [0.2, 0.25) is 5.91 Å². The minimum atomic E-state index is -4.88. The third kappa shape index (κ3) is 3.79. The Morgan fingerprint density at radius 2 is 2.18 bits per heavy atom. The van der Waals surface area contributed by atoms with E-state index in [1.54, 1.807) is 0 Å². The molecule has 0 unspecified atom stereocenters. The molecular weight excluding hydrogens is 329 g/mol. The van der Waals surface area contributed by atoms with Crippen molar-refractivity contribution in [3.8, 4) is 0 Å². The zero-order valence-electron chi connectivity index (χ0n) is 11.3. The van der Waals surface area contributed by atoms with Gasteiger partial charge in [-0.05, 0) is 6.08 Å². The third-order valence-corrected chi connectivity index (χ3v) is 3.57. The van der Waals surface area contributed by atoms with Crippen LogP contribution in [0.5, 0.6) is 0 Å². The predicted molar refractivity (Wildman–Crippen MR) is 75.3 cm³/mol. The van der Waals surface area contributed by atoms with Gasteiger partial charge in [-0.15, -0.1) is 4.28 Å². The van der Waals surface area contributed by atoms with Gasteiger partial charge in [-0.1, -0.05) is 0 Å². The number of carbonyl (C=O) groups is 2. The first-order valence-electron chi connectivity index (χ1n) is 5.98. The van der Waals surface area contributed by atoms with Crippen LogP contribution in [0.1, 0.15) is 0 Å². The summed E-state index contributed by atoms with van der Waals surface area (Å²) >= 11 is 0. The van der Waals surface area contributed by atoms with Gasteiger partial charge in [0.25, 0.3) is 0 Å². The second kappa shape index (κ2) is 7.25. The van der Waals surface area contributed by atoms with E-state index in [-0.39, 0.29) is 48.3 Å². The predicted octanol–water partition coefficient (Wildman–Crippen LogP) is -2.12. The molecule has 12 heteroatoms. The van der Waals surface area contributed by atoms with E-state index in [0.29, 0.717) is 5.06 Å². The van der Waals surface area contributed by atoms with Crippen molar-refractivity contribution in [1.29, 1.82) is 0 Å². The maximum atomic E-state index is 12.1. The summed E-state index contributed by atoms with van der Waals surface area (Å²) in [5.41, 5.74) is 0.172. The Labute approximate surface area is 149 Å². The molecule has 0 aromatic rings. The number of ether oxygens (including phenoxy) is 1. The molecule has 10 nitrogen and oxygen atoms in total. The van der Waals surface area contributed by atoms with Gasteiger partial charge in [0.1, 0.15) is 6.04 Å². The molecule has 2 aliphatic rings. The van der Waals surface area contributed by atoms with E-state index < -0.39 is 34.4 Å². The fraction of sp³-hybridized carbons (Fsp3) is 0.600. The zero-order chi connectivity index (χ0) is 15.8. The number of methoxy groups -OCH3 is 1. The van der Waals surface area contributed by atoms with Gasteiger partial charge in [0, 0.05) is 19.7 Å². The van der Waals surface area contributed by atoms with Gasteiger partial charge in [-0.2, -0.15) is 13.5 Å². The van der Waals surface area contributed by atoms with Gasteiger partial charge >= 0.3 is 46.0 Å². The van der Waals surface area contributed by atoms with Crippen molar-refractivity contribution in [2.75, 3.05) is 27.3 Å². The Kier molecular flexibility index (Phi) is 6.38. The van der Waals surface area contributed by atoms with Crippen LogP contribution in [0.4, 0.5) is 4.79 Å². The summed E-state index contributed by atoms with van der Waals surface area (Å²) < 4.78 is 39.7. The number of rotatable bonds is 5. The minimum absolute atomic E-state index is 0. The van der Waals surface area contributed by atoms with Crippen LogP contribution in [0.25, 0.3) is 0 Å². The van der Waals surface area contributed by atoms with Crippen molar-refractivity contribution in [2.24, 2.45) is 0 Å². The van der Waals surface area contributed by atoms with Gasteiger partial charge in [-0.3, -0.25) is 9.35 Å². The zero-order valence-corrected chi connectivity index (χ0v) is 12.2. The maximum absolute atomic E-state index is 12.1. The van der Waals surface area contributed by atoms with Crippen LogP contribution in [0, 0.1) is 0 Å². The number of fused-ring (bicyclic) bond motifs is 2. The van der Waals surface area contributed by atoms with E-state index in [2.05, 4.69) is 9.60 Å². The first kappa shape index (κ1) is 19.4. The molecule has 0 spiro atoms. The number of hydrogen-bond acceptors (Lipinski definition) is 6. The molecule has 2 atom stereocenters. The summed E-state index contributed by atoms with van der Waals surface area (Å²) in [4.78, 5) is 25.3. The van der Waals surface area contributed by atoms with Crippen LogP contribution in [0.2, 0.25) is 0 Å².